The highest BCUT2D eigenvalue weighted by Gasteiger charge is 2.05. The first-order chi connectivity index (χ1) is 7.16. The molecule has 1 unspecified atom stereocenters. The van der Waals surface area contributed by atoms with Crippen LogP contribution in [0, 0.1) is 0 Å². The molecule has 5 heteroatoms. The number of aromatic hydroxyl groups is 1. The molecule has 2 aromatic heterocycles. The van der Waals surface area contributed by atoms with Crippen molar-refractivity contribution in [3.63, 3.8) is 0 Å². The van der Waals surface area contributed by atoms with E-state index in [4.69, 9.17) is 5.11 Å². The van der Waals surface area contributed by atoms with Crippen LogP contribution in [0.1, 0.15) is 19.0 Å². The lowest BCUT2D eigenvalue weighted by Crippen LogP contribution is -2.03. The molecule has 0 radical (unpaired) electrons. The Bertz CT molecular complexity index is 465. The number of rotatable bonds is 3. The predicted octanol–water partition coefficient (Wildman–Crippen LogP) is 0.748. The summed E-state index contributed by atoms with van der Waals surface area (Å²) in [5.74, 6) is 0.0746. The molecule has 2 heterocycles. The number of aliphatic hydroxyl groups is 1. The maximum atomic E-state index is 9.60. The van der Waals surface area contributed by atoms with Gasteiger partial charge in [-0.1, -0.05) is 0 Å². The van der Waals surface area contributed by atoms with Crippen LogP contribution in [0.3, 0.4) is 0 Å². The maximum absolute atomic E-state index is 9.60. The molecule has 0 aliphatic heterocycles. The summed E-state index contributed by atoms with van der Waals surface area (Å²) in [5.41, 5.74) is 1.39. The normalized spacial score (nSPS) is 13.2. The highest BCUT2D eigenvalue weighted by atomic mass is 16.3. The van der Waals surface area contributed by atoms with E-state index >= 15 is 0 Å². The first-order valence-electron chi connectivity index (χ1n) is 4.87. The zero-order valence-corrected chi connectivity index (χ0v) is 8.46. The molecule has 0 spiro atoms. The van der Waals surface area contributed by atoms with Crippen molar-refractivity contribution in [3.8, 4) is 5.88 Å². The first kappa shape index (κ1) is 9.92. The second-order valence-corrected chi connectivity index (χ2v) is 3.59. The molecule has 0 aromatic carbocycles. The summed E-state index contributed by atoms with van der Waals surface area (Å²) in [6, 6.07) is 3.30. The van der Waals surface area contributed by atoms with Crippen molar-refractivity contribution < 1.29 is 10.2 Å². The molecule has 5 nitrogen and oxygen atoms in total. The zero-order chi connectivity index (χ0) is 10.8. The minimum atomic E-state index is -0.352. The van der Waals surface area contributed by atoms with Gasteiger partial charge in [0.2, 0.25) is 5.88 Å². The quantitative estimate of drug-likeness (QED) is 0.779. The number of hydrogen-bond donors (Lipinski definition) is 2. The minimum absolute atomic E-state index is 0.0746. The van der Waals surface area contributed by atoms with Gasteiger partial charge < -0.3 is 10.2 Å². The molecule has 2 rings (SSSR count). The zero-order valence-electron chi connectivity index (χ0n) is 8.46. The van der Waals surface area contributed by atoms with E-state index < -0.39 is 0 Å². The van der Waals surface area contributed by atoms with Crippen LogP contribution in [-0.4, -0.2) is 30.9 Å². The van der Waals surface area contributed by atoms with Gasteiger partial charge in [-0.3, -0.25) is 0 Å². The SMILES string of the molecule is CC(O)CCc1cc(O)n2nccc2n1. The van der Waals surface area contributed by atoms with Crippen molar-refractivity contribution in [3.05, 3.63) is 24.0 Å². The molecular weight excluding hydrogens is 194 g/mol. The second-order valence-electron chi connectivity index (χ2n) is 3.59. The molecule has 1 atom stereocenters. The van der Waals surface area contributed by atoms with Gasteiger partial charge in [0.1, 0.15) is 0 Å². The Morgan fingerprint density at radius 3 is 3.07 bits per heavy atom. The van der Waals surface area contributed by atoms with Crippen LogP contribution in [0.15, 0.2) is 18.3 Å². The van der Waals surface area contributed by atoms with Crippen molar-refractivity contribution in [1.82, 2.24) is 14.6 Å². The van der Waals surface area contributed by atoms with E-state index in [0.717, 1.165) is 5.69 Å². The van der Waals surface area contributed by atoms with Crippen LogP contribution < -0.4 is 0 Å². The van der Waals surface area contributed by atoms with Gasteiger partial charge in [0, 0.05) is 17.8 Å². The first-order valence-corrected chi connectivity index (χ1v) is 4.87. The number of aliphatic hydroxyl groups excluding tert-OH is 1. The van der Waals surface area contributed by atoms with Crippen LogP contribution in [-0.2, 0) is 6.42 Å². The fraction of sp³-hybridized carbons (Fsp3) is 0.400. The summed E-state index contributed by atoms with van der Waals surface area (Å²) in [6.07, 6.45) is 2.51. The predicted molar refractivity (Wildman–Crippen MR) is 54.7 cm³/mol. The van der Waals surface area contributed by atoms with E-state index in [0.29, 0.717) is 18.5 Å². The van der Waals surface area contributed by atoms with Gasteiger partial charge >= 0.3 is 0 Å². The molecule has 2 aromatic rings. The Morgan fingerprint density at radius 2 is 2.33 bits per heavy atom. The summed E-state index contributed by atoms with van der Waals surface area (Å²) >= 11 is 0. The van der Waals surface area contributed by atoms with Gasteiger partial charge in [-0.15, -0.1) is 0 Å². The average Bonchev–Trinajstić information content (AvgIpc) is 2.63. The third-order valence-corrected chi connectivity index (χ3v) is 2.21. The third kappa shape index (κ3) is 2.07. The van der Waals surface area contributed by atoms with Crippen LogP contribution in [0.25, 0.3) is 5.65 Å². The van der Waals surface area contributed by atoms with E-state index in [1.807, 2.05) is 0 Å². The van der Waals surface area contributed by atoms with Gasteiger partial charge in [-0.05, 0) is 19.8 Å². The van der Waals surface area contributed by atoms with Crippen molar-refractivity contribution in [2.45, 2.75) is 25.9 Å². The molecule has 0 fully saturated rings. The van der Waals surface area contributed by atoms with Crippen LogP contribution >= 0.6 is 0 Å². The van der Waals surface area contributed by atoms with Crippen LogP contribution in [0.4, 0.5) is 0 Å². The number of nitrogens with zero attached hydrogens (tertiary/aromatic N) is 3. The van der Waals surface area contributed by atoms with Crippen molar-refractivity contribution in [2.75, 3.05) is 0 Å². The fourth-order valence-corrected chi connectivity index (χ4v) is 1.43. The number of aromatic nitrogens is 3. The lowest BCUT2D eigenvalue weighted by Gasteiger charge is -2.05. The van der Waals surface area contributed by atoms with E-state index in [-0.39, 0.29) is 12.0 Å². The largest absolute Gasteiger partial charge is 0.493 e. The Labute approximate surface area is 87.0 Å². The second kappa shape index (κ2) is 3.86. The van der Waals surface area contributed by atoms with Crippen LogP contribution in [0.5, 0.6) is 5.88 Å². The third-order valence-electron chi connectivity index (χ3n) is 2.21. The van der Waals surface area contributed by atoms with Gasteiger partial charge in [-0.2, -0.15) is 9.61 Å². The molecule has 2 N–H and O–H groups in total. The molecule has 0 saturated carbocycles. The fourth-order valence-electron chi connectivity index (χ4n) is 1.43. The highest BCUT2D eigenvalue weighted by molar-refractivity contribution is 5.40. The van der Waals surface area contributed by atoms with Gasteiger partial charge in [0.25, 0.3) is 0 Å². The van der Waals surface area contributed by atoms with Crippen molar-refractivity contribution >= 4 is 5.65 Å². The number of hydrogen-bond acceptors (Lipinski definition) is 4. The Morgan fingerprint density at radius 1 is 1.53 bits per heavy atom. The molecular formula is C10H13N3O2. The molecule has 0 amide bonds. The molecule has 15 heavy (non-hydrogen) atoms. The maximum Gasteiger partial charge on any atom is 0.215 e. The molecule has 0 aliphatic carbocycles. The highest BCUT2D eigenvalue weighted by Crippen LogP contribution is 2.14. The van der Waals surface area contributed by atoms with Gasteiger partial charge in [-0.25, -0.2) is 4.98 Å². The summed E-state index contributed by atoms with van der Waals surface area (Å²) in [6.45, 7) is 1.73. The smallest absolute Gasteiger partial charge is 0.215 e. The Kier molecular flexibility index (Phi) is 2.55. The molecule has 0 aliphatic rings. The Hall–Kier alpha value is -1.62. The monoisotopic (exact) mass is 207 g/mol. The van der Waals surface area contributed by atoms with Gasteiger partial charge in [0.15, 0.2) is 5.65 Å². The van der Waals surface area contributed by atoms with E-state index in [1.165, 1.54) is 4.52 Å². The van der Waals surface area contributed by atoms with Crippen molar-refractivity contribution in [2.24, 2.45) is 0 Å². The van der Waals surface area contributed by atoms with Crippen molar-refractivity contribution in [1.29, 1.82) is 0 Å². The summed E-state index contributed by atoms with van der Waals surface area (Å²) in [7, 11) is 0. The Balaban J connectivity index is 2.28. The van der Waals surface area contributed by atoms with E-state index in [9.17, 15) is 5.11 Å². The summed E-state index contributed by atoms with van der Waals surface area (Å²) < 4.78 is 1.37. The lowest BCUT2D eigenvalue weighted by molar-refractivity contribution is 0.184. The summed E-state index contributed by atoms with van der Waals surface area (Å²) in [5, 5.41) is 22.7. The van der Waals surface area contributed by atoms with E-state index in [2.05, 4.69) is 10.1 Å². The topological polar surface area (TPSA) is 70.7 Å². The standard InChI is InChI=1S/C10H13N3O2/c1-7(14)2-3-8-6-10(15)13-9(12-8)4-5-11-13/h4-7,14-15H,2-3H2,1H3. The van der Waals surface area contributed by atoms with Gasteiger partial charge in [0.05, 0.1) is 12.3 Å². The molecule has 0 bridgehead atoms. The molecule has 0 saturated heterocycles. The molecule has 80 valence electrons. The number of fused-ring (bicyclic) bond motifs is 1. The number of aryl methyl sites for hydroxylation is 1. The average molecular weight is 207 g/mol. The summed E-state index contributed by atoms with van der Waals surface area (Å²) in [4.78, 5) is 4.30. The minimum Gasteiger partial charge on any atom is -0.493 e. The van der Waals surface area contributed by atoms with E-state index in [1.54, 1.807) is 25.3 Å². The van der Waals surface area contributed by atoms with Crippen LogP contribution in [0.2, 0.25) is 0 Å². The lowest BCUT2D eigenvalue weighted by atomic mass is 10.2.